The van der Waals surface area contributed by atoms with Gasteiger partial charge in [0.1, 0.15) is 36.6 Å². The number of hydrogen-bond donors (Lipinski definition) is 3. The Bertz CT molecular complexity index is 1680. The summed E-state index contributed by atoms with van der Waals surface area (Å²) in [5.41, 5.74) is 0.829. The maximum atomic E-state index is 13.7. The molecular formula is C46H72O13. The Kier molecular flexibility index (Phi) is 10.9. The molecule has 0 radical (unpaired) electrons. The van der Waals surface area contributed by atoms with Crippen LogP contribution in [-0.4, -0.2) is 115 Å². The minimum atomic E-state index is -1.65. The van der Waals surface area contributed by atoms with Crippen molar-refractivity contribution >= 4 is 11.9 Å². The molecule has 3 saturated heterocycles. The van der Waals surface area contributed by atoms with Crippen molar-refractivity contribution in [2.75, 3.05) is 20.8 Å². The first kappa shape index (κ1) is 43.9. The van der Waals surface area contributed by atoms with Crippen molar-refractivity contribution in [3.05, 3.63) is 11.6 Å². The molecule has 0 aromatic rings. The van der Waals surface area contributed by atoms with E-state index in [4.69, 9.17) is 37.9 Å². The average molecular weight is 833 g/mol. The third-order valence-electron chi connectivity index (χ3n) is 18.0. The Balaban J connectivity index is 1.03. The number of hydrogen-bond acceptors (Lipinski definition) is 13. The fraction of sp³-hybridized carbons (Fsp3) is 0.913. The Labute approximate surface area is 350 Å². The van der Waals surface area contributed by atoms with Crippen molar-refractivity contribution in [1.29, 1.82) is 0 Å². The van der Waals surface area contributed by atoms with Crippen molar-refractivity contribution in [3.8, 4) is 0 Å². The van der Waals surface area contributed by atoms with Gasteiger partial charge in [0, 0.05) is 0 Å². The SMILES string of the molecule is COC(=O)[C@H]1O[C@@H](O[C@H]2CC[C@]3(C)[C@H]4CC=C5[C@@H]6CC(C)(C)CC[C@]6(C(=O)OC)CC[C@@]5(C)[C@]4(C)CC[C@H]3C2(C)C)[C@H](O)[C@@H](O[C@@H]2OC[C@@H]3OC(C)(C)O[C@@H]3[C@H]2O)[C@@H]1O. The number of esters is 2. The van der Waals surface area contributed by atoms with Gasteiger partial charge in [0.25, 0.3) is 0 Å². The predicted octanol–water partition coefficient (Wildman–Crippen LogP) is 5.59. The van der Waals surface area contributed by atoms with E-state index >= 15 is 0 Å². The second kappa shape index (κ2) is 14.7. The lowest BCUT2D eigenvalue weighted by Crippen LogP contribution is -2.67. The van der Waals surface area contributed by atoms with Crippen LogP contribution in [0.1, 0.15) is 127 Å². The lowest BCUT2D eigenvalue weighted by molar-refractivity contribution is -0.354. The van der Waals surface area contributed by atoms with Crippen molar-refractivity contribution in [2.45, 2.75) is 194 Å². The van der Waals surface area contributed by atoms with Crippen molar-refractivity contribution in [2.24, 2.45) is 50.2 Å². The zero-order valence-electron chi connectivity index (χ0n) is 37.3. The summed E-state index contributed by atoms with van der Waals surface area (Å²) in [5.74, 6) is -0.920. The van der Waals surface area contributed by atoms with E-state index in [2.05, 4.69) is 54.5 Å². The number of methoxy groups -OCH3 is 2. The molecule has 3 heterocycles. The largest absolute Gasteiger partial charge is 0.469 e. The highest BCUT2D eigenvalue weighted by Crippen LogP contribution is 2.76. The molecule has 334 valence electrons. The maximum Gasteiger partial charge on any atom is 0.337 e. The molecule has 0 bridgehead atoms. The number of aliphatic hydroxyl groups excluding tert-OH is 3. The molecule has 0 amide bonds. The highest BCUT2D eigenvalue weighted by molar-refractivity contribution is 5.78. The summed E-state index contributed by atoms with van der Waals surface area (Å²) in [6.45, 7) is 20.3. The van der Waals surface area contributed by atoms with Gasteiger partial charge in [0.15, 0.2) is 24.5 Å². The quantitative estimate of drug-likeness (QED) is 0.172. The van der Waals surface area contributed by atoms with E-state index in [1.807, 2.05) is 0 Å². The van der Waals surface area contributed by atoms with Gasteiger partial charge in [-0.2, -0.15) is 0 Å². The van der Waals surface area contributed by atoms with E-state index in [1.165, 1.54) is 12.7 Å². The molecule has 0 unspecified atom stereocenters. The predicted molar refractivity (Wildman–Crippen MR) is 213 cm³/mol. The fourth-order valence-corrected chi connectivity index (χ4v) is 14.6. The first-order chi connectivity index (χ1) is 27.5. The molecule has 8 aliphatic rings. The Morgan fingerprint density at radius 1 is 0.763 bits per heavy atom. The van der Waals surface area contributed by atoms with Gasteiger partial charge in [-0.15, -0.1) is 0 Å². The van der Waals surface area contributed by atoms with E-state index in [9.17, 15) is 24.9 Å². The summed E-state index contributed by atoms with van der Waals surface area (Å²) >= 11 is 0. The molecule has 17 atom stereocenters. The summed E-state index contributed by atoms with van der Waals surface area (Å²) in [5, 5.41) is 34.5. The molecule has 5 aliphatic carbocycles. The molecule has 59 heavy (non-hydrogen) atoms. The minimum absolute atomic E-state index is 0.0144. The van der Waals surface area contributed by atoms with Gasteiger partial charge in [-0.1, -0.05) is 60.1 Å². The first-order valence-corrected chi connectivity index (χ1v) is 22.3. The third kappa shape index (κ3) is 6.63. The summed E-state index contributed by atoms with van der Waals surface area (Å²) < 4.78 is 47.2. The van der Waals surface area contributed by atoms with E-state index in [0.29, 0.717) is 12.3 Å². The minimum Gasteiger partial charge on any atom is -0.469 e. The van der Waals surface area contributed by atoms with Gasteiger partial charge in [-0.25, -0.2) is 4.79 Å². The van der Waals surface area contributed by atoms with Crippen LogP contribution in [0.25, 0.3) is 0 Å². The van der Waals surface area contributed by atoms with Gasteiger partial charge in [0.2, 0.25) is 0 Å². The normalized spacial score (nSPS) is 50.7. The van der Waals surface area contributed by atoms with Crippen LogP contribution in [-0.2, 0) is 47.5 Å². The number of carbonyl (C=O) groups excluding carboxylic acids is 2. The fourth-order valence-electron chi connectivity index (χ4n) is 14.6. The van der Waals surface area contributed by atoms with E-state index in [-0.39, 0.29) is 57.6 Å². The first-order valence-electron chi connectivity index (χ1n) is 22.3. The van der Waals surface area contributed by atoms with Gasteiger partial charge >= 0.3 is 11.9 Å². The molecule has 8 rings (SSSR count). The van der Waals surface area contributed by atoms with E-state index in [0.717, 1.165) is 57.8 Å². The standard InChI is InChI=1S/C46H72O13/c1-40(2)18-20-46(39(51)53-11)21-19-44(8)24(25(46)22-40)12-13-28-43(7)16-15-29(41(3,4)27(43)14-17-45(28,44)9)55-38-32(49)34(30(47)35(57-38)36(50)52-10)56-37-31(48)33-26(23-54-37)58-42(5,6)59-33/h12,25-35,37-38,47-49H,13-23H2,1-11H3/t25-,26-,27-,28+,29-,30-,31+,32+,33-,34-,35-,37-,38+,43-,44+,45+,46-/m0/s1. The average Bonchev–Trinajstić information content (AvgIpc) is 3.50. The highest BCUT2D eigenvalue weighted by atomic mass is 16.8. The molecule has 4 saturated carbocycles. The topological polar surface area (TPSA) is 169 Å². The molecule has 0 aromatic carbocycles. The van der Waals surface area contributed by atoms with Gasteiger partial charge in [-0.05, 0) is 123 Å². The summed E-state index contributed by atoms with van der Waals surface area (Å²) in [6, 6.07) is 0. The summed E-state index contributed by atoms with van der Waals surface area (Å²) in [4.78, 5) is 26.7. The van der Waals surface area contributed by atoms with Crippen LogP contribution in [0.5, 0.6) is 0 Å². The smallest absolute Gasteiger partial charge is 0.337 e. The van der Waals surface area contributed by atoms with E-state index in [1.54, 1.807) is 21.0 Å². The highest BCUT2D eigenvalue weighted by Gasteiger charge is 2.70. The Morgan fingerprint density at radius 3 is 2.17 bits per heavy atom. The Hall–Kier alpha value is -1.68. The van der Waals surface area contributed by atoms with Gasteiger partial charge < -0.3 is 53.2 Å². The van der Waals surface area contributed by atoms with Crippen molar-refractivity contribution in [1.82, 2.24) is 0 Å². The summed E-state index contributed by atoms with van der Waals surface area (Å²) in [6.07, 6.45) is 0.251. The van der Waals surface area contributed by atoms with Crippen LogP contribution in [0.2, 0.25) is 0 Å². The number of ether oxygens (including phenoxy) is 8. The number of aliphatic hydroxyl groups is 3. The molecule has 3 aliphatic heterocycles. The molecule has 13 heteroatoms. The zero-order chi connectivity index (χ0) is 42.9. The molecular weight excluding hydrogens is 760 g/mol. The zero-order valence-corrected chi connectivity index (χ0v) is 37.3. The van der Waals surface area contributed by atoms with Gasteiger partial charge in [-0.3, -0.25) is 4.79 Å². The number of allylic oxidation sites excluding steroid dienone is 2. The number of carbonyl (C=O) groups is 2. The van der Waals surface area contributed by atoms with Gasteiger partial charge in [0.05, 0.1) is 32.3 Å². The lowest BCUT2D eigenvalue weighted by Gasteiger charge is -2.71. The van der Waals surface area contributed by atoms with Crippen LogP contribution >= 0.6 is 0 Å². The van der Waals surface area contributed by atoms with Crippen LogP contribution in [0.4, 0.5) is 0 Å². The third-order valence-corrected chi connectivity index (χ3v) is 18.0. The van der Waals surface area contributed by atoms with E-state index < -0.39 is 72.5 Å². The molecule has 13 nitrogen and oxygen atoms in total. The number of fused-ring (bicyclic) bond motifs is 8. The van der Waals surface area contributed by atoms with Crippen molar-refractivity contribution < 1.29 is 62.8 Å². The van der Waals surface area contributed by atoms with Crippen LogP contribution in [0, 0.1) is 50.2 Å². The van der Waals surface area contributed by atoms with Crippen LogP contribution < -0.4 is 0 Å². The second-order valence-corrected chi connectivity index (χ2v) is 22.2. The van der Waals surface area contributed by atoms with Crippen LogP contribution in [0.3, 0.4) is 0 Å². The van der Waals surface area contributed by atoms with Crippen LogP contribution in [0.15, 0.2) is 11.6 Å². The maximum absolute atomic E-state index is 13.7. The van der Waals surface area contributed by atoms with Crippen molar-refractivity contribution in [3.63, 3.8) is 0 Å². The Morgan fingerprint density at radius 2 is 1.47 bits per heavy atom. The number of rotatable bonds is 6. The second-order valence-electron chi connectivity index (χ2n) is 22.2. The monoisotopic (exact) mass is 832 g/mol. The molecule has 0 aromatic heterocycles. The molecule has 7 fully saturated rings. The lowest BCUT2D eigenvalue weighted by atomic mass is 9.33. The summed E-state index contributed by atoms with van der Waals surface area (Å²) in [7, 11) is 2.76. The molecule has 0 spiro atoms. The molecule has 3 N–H and O–H groups in total.